The molecule has 0 aliphatic heterocycles. The van der Waals surface area contributed by atoms with Crippen molar-refractivity contribution < 1.29 is 34.0 Å². The van der Waals surface area contributed by atoms with Crippen molar-refractivity contribution in [3.05, 3.63) is 24.3 Å². The zero-order chi connectivity index (χ0) is 18.9. The van der Waals surface area contributed by atoms with E-state index in [-0.39, 0.29) is 0 Å². The number of aliphatic carboxylic acids is 2. The number of carbonyl (C=O) groups is 2. The first-order chi connectivity index (χ1) is 12.0. The molecule has 0 aliphatic rings. The number of rotatable bonds is 11. The van der Waals surface area contributed by atoms with E-state index in [0.29, 0.717) is 33.0 Å². The predicted octanol–water partition coefficient (Wildman–Crippen LogP) is 0.185. The summed E-state index contributed by atoms with van der Waals surface area (Å²) in [4.78, 5) is 18.2. The summed E-state index contributed by atoms with van der Waals surface area (Å²) >= 11 is 0. The molecule has 25 heavy (non-hydrogen) atoms. The molecule has 0 aromatic heterocycles. The number of ether oxygens (including phenoxy) is 3. The third-order valence-corrected chi connectivity index (χ3v) is 2.54. The quantitative estimate of drug-likeness (QED) is 0.322. The van der Waals surface area contributed by atoms with Crippen LogP contribution in [0.2, 0.25) is 0 Å². The molecule has 0 saturated carbocycles. The van der Waals surface area contributed by atoms with E-state index in [1.165, 1.54) is 0 Å². The minimum atomic E-state index is -1.82. The van der Waals surface area contributed by atoms with Gasteiger partial charge in [0.2, 0.25) is 0 Å². The van der Waals surface area contributed by atoms with Gasteiger partial charge in [0.05, 0.1) is 19.8 Å². The summed E-state index contributed by atoms with van der Waals surface area (Å²) in [6.07, 6.45) is 0. The lowest BCUT2D eigenvalue weighted by Crippen LogP contribution is -2.26. The molecule has 0 bridgehead atoms. The highest BCUT2D eigenvalue weighted by molar-refractivity contribution is 6.27. The smallest absolute Gasteiger partial charge is 0.414 e. The van der Waals surface area contributed by atoms with E-state index in [1.54, 1.807) is 0 Å². The second-order valence-electron chi connectivity index (χ2n) is 4.52. The zero-order valence-corrected chi connectivity index (χ0v) is 14.3. The molecule has 1 aromatic rings. The van der Waals surface area contributed by atoms with Gasteiger partial charge in [0.1, 0.15) is 18.1 Å². The van der Waals surface area contributed by atoms with Crippen LogP contribution in [0.25, 0.3) is 0 Å². The molecule has 0 aliphatic carbocycles. The molecule has 9 heteroatoms. The summed E-state index contributed by atoms with van der Waals surface area (Å²) < 4.78 is 16.4. The van der Waals surface area contributed by atoms with Gasteiger partial charge in [0.15, 0.2) is 0 Å². The SMILES string of the molecule is CCOc1cccc(OCCOCCNCCN)c1.O=C(O)C(=O)O. The Bertz CT molecular complexity index is 485. The molecule has 1 rings (SSSR count). The summed E-state index contributed by atoms with van der Waals surface area (Å²) in [6.45, 7) is 6.68. The summed E-state index contributed by atoms with van der Waals surface area (Å²) in [5.74, 6) is -2.02. The Kier molecular flexibility index (Phi) is 13.8. The number of carboxylic acids is 2. The van der Waals surface area contributed by atoms with Crippen molar-refractivity contribution in [3.8, 4) is 11.5 Å². The van der Waals surface area contributed by atoms with Gasteiger partial charge >= 0.3 is 11.9 Å². The van der Waals surface area contributed by atoms with Crippen LogP contribution in [-0.2, 0) is 14.3 Å². The maximum atomic E-state index is 9.10. The molecule has 0 radical (unpaired) electrons. The standard InChI is InChI=1S/C14H24N2O3.C2H2O4/c1-2-18-13-4-3-5-14(12-13)19-11-10-17-9-8-16-7-6-15;3-1(4)2(5)6/h3-5,12,16H,2,6-11,15H2,1H3;(H,3,4)(H,5,6). The molecule has 0 amide bonds. The van der Waals surface area contributed by atoms with Crippen molar-refractivity contribution in [1.82, 2.24) is 5.32 Å². The van der Waals surface area contributed by atoms with Gasteiger partial charge in [-0.2, -0.15) is 0 Å². The molecule has 9 nitrogen and oxygen atoms in total. The van der Waals surface area contributed by atoms with Crippen molar-refractivity contribution in [3.63, 3.8) is 0 Å². The van der Waals surface area contributed by atoms with E-state index in [9.17, 15) is 0 Å². The number of hydrogen-bond donors (Lipinski definition) is 4. The summed E-state index contributed by atoms with van der Waals surface area (Å²) in [7, 11) is 0. The third kappa shape index (κ3) is 13.7. The van der Waals surface area contributed by atoms with Crippen LogP contribution in [0.3, 0.4) is 0 Å². The van der Waals surface area contributed by atoms with Gasteiger partial charge in [-0.15, -0.1) is 0 Å². The molecular weight excluding hydrogens is 332 g/mol. The van der Waals surface area contributed by atoms with Crippen molar-refractivity contribution in [2.45, 2.75) is 6.92 Å². The van der Waals surface area contributed by atoms with Crippen LogP contribution < -0.4 is 20.5 Å². The van der Waals surface area contributed by atoms with E-state index in [2.05, 4.69) is 5.32 Å². The Hall–Kier alpha value is -2.36. The number of benzene rings is 1. The second-order valence-corrected chi connectivity index (χ2v) is 4.52. The minimum Gasteiger partial charge on any atom is -0.494 e. The minimum absolute atomic E-state index is 0.534. The Morgan fingerprint density at radius 1 is 1.04 bits per heavy atom. The van der Waals surface area contributed by atoms with Gasteiger partial charge in [-0.3, -0.25) is 0 Å². The Labute approximate surface area is 146 Å². The average Bonchev–Trinajstić information content (AvgIpc) is 2.58. The van der Waals surface area contributed by atoms with Crippen LogP contribution in [0.5, 0.6) is 11.5 Å². The van der Waals surface area contributed by atoms with E-state index < -0.39 is 11.9 Å². The number of nitrogens with one attached hydrogen (secondary N) is 1. The number of carboxylic acid groups (broad SMARTS) is 2. The van der Waals surface area contributed by atoms with Gasteiger partial charge in [-0.25, -0.2) is 9.59 Å². The third-order valence-electron chi connectivity index (χ3n) is 2.54. The molecule has 0 fully saturated rings. The molecule has 0 heterocycles. The van der Waals surface area contributed by atoms with Gasteiger partial charge < -0.3 is 35.5 Å². The van der Waals surface area contributed by atoms with Gasteiger partial charge in [0, 0.05) is 25.7 Å². The molecule has 0 unspecified atom stereocenters. The van der Waals surface area contributed by atoms with Crippen molar-refractivity contribution in [2.75, 3.05) is 46.1 Å². The van der Waals surface area contributed by atoms with Crippen molar-refractivity contribution in [1.29, 1.82) is 0 Å². The average molecular weight is 358 g/mol. The molecular formula is C16H26N2O7. The lowest BCUT2D eigenvalue weighted by atomic mass is 10.3. The lowest BCUT2D eigenvalue weighted by molar-refractivity contribution is -0.159. The molecule has 5 N–H and O–H groups in total. The van der Waals surface area contributed by atoms with Crippen LogP contribution in [-0.4, -0.2) is 68.2 Å². The first kappa shape index (κ1) is 22.6. The molecule has 0 atom stereocenters. The first-order valence-electron chi connectivity index (χ1n) is 7.81. The van der Waals surface area contributed by atoms with Crippen molar-refractivity contribution in [2.24, 2.45) is 5.73 Å². The highest BCUT2D eigenvalue weighted by atomic mass is 16.5. The first-order valence-corrected chi connectivity index (χ1v) is 7.81. The topological polar surface area (TPSA) is 140 Å². The zero-order valence-electron chi connectivity index (χ0n) is 14.3. The van der Waals surface area contributed by atoms with Crippen LogP contribution >= 0.6 is 0 Å². The molecule has 0 spiro atoms. The van der Waals surface area contributed by atoms with Crippen LogP contribution in [0.15, 0.2) is 24.3 Å². The number of hydrogen-bond acceptors (Lipinski definition) is 7. The lowest BCUT2D eigenvalue weighted by Gasteiger charge is -2.09. The molecule has 1 aromatic carbocycles. The summed E-state index contributed by atoms with van der Waals surface area (Å²) in [5.41, 5.74) is 5.36. The second kappa shape index (κ2) is 15.2. The molecule has 142 valence electrons. The predicted molar refractivity (Wildman–Crippen MR) is 91.1 cm³/mol. The molecule has 0 saturated heterocycles. The fourth-order valence-corrected chi connectivity index (χ4v) is 1.51. The van der Waals surface area contributed by atoms with Crippen LogP contribution in [0.4, 0.5) is 0 Å². The van der Waals surface area contributed by atoms with Gasteiger partial charge in [-0.1, -0.05) is 6.07 Å². The monoisotopic (exact) mass is 358 g/mol. The normalized spacial score (nSPS) is 9.68. The van der Waals surface area contributed by atoms with E-state index in [4.69, 9.17) is 39.7 Å². The Morgan fingerprint density at radius 3 is 2.24 bits per heavy atom. The van der Waals surface area contributed by atoms with E-state index in [0.717, 1.165) is 24.6 Å². The van der Waals surface area contributed by atoms with E-state index >= 15 is 0 Å². The van der Waals surface area contributed by atoms with Gasteiger partial charge in [0.25, 0.3) is 0 Å². The fraction of sp³-hybridized carbons (Fsp3) is 0.500. The summed E-state index contributed by atoms with van der Waals surface area (Å²) in [5, 5.41) is 17.9. The highest BCUT2D eigenvalue weighted by Gasteiger charge is 2.04. The Morgan fingerprint density at radius 2 is 1.68 bits per heavy atom. The maximum Gasteiger partial charge on any atom is 0.414 e. The highest BCUT2D eigenvalue weighted by Crippen LogP contribution is 2.19. The largest absolute Gasteiger partial charge is 0.494 e. The summed E-state index contributed by atoms with van der Waals surface area (Å²) in [6, 6.07) is 7.62. The number of nitrogens with two attached hydrogens (primary N) is 1. The van der Waals surface area contributed by atoms with Crippen LogP contribution in [0, 0.1) is 0 Å². The van der Waals surface area contributed by atoms with E-state index in [1.807, 2.05) is 31.2 Å². The van der Waals surface area contributed by atoms with Crippen LogP contribution in [0.1, 0.15) is 6.92 Å². The van der Waals surface area contributed by atoms with Crippen molar-refractivity contribution >= 4 is 11.9 Å². The fourth-order valence-electron chi connectivity index (χ4n) is 1.51. The van der Waals surface area contributed by atoms with Gasteiger partial charge in [-0.05, 0) is 19.1 Å². The Balaban J connectivity index is 0.000000823. The maximum absolute atomic E-state index is 9.10.